The van der Waals surface area contributed by atoms with Crippen molar-refractivity contribution in [1.29, 1.82) is 0 Å². The molecule has 1 aliphatic heterocycles. The lowest BCUT2D eigenvalue weighted by Gasteiger charge is -2.24. The topological polar surface area (TPSA) is 73.0 Å². The first-order valence-electron chi connectivity index (χ1n) is 7.48. The van der Waals surface area contributed by atoms with Crippen LogP contribution in [0.5, 0.6) is 0 Å². The average Bonchev–Trinajstić information content (AvgIpc) is 2.99. The second-order valence-electron chi connectivity index (χ2n) is 5.56. The molecule has 25 heavy (non-hydrogen) atoms. The van der Waals surface area contributed by atoms with Crippen molar-refractivity contribution in [3.63, 3.8) is 0 Å². The quantitative estimate of drug-likeness (QED) is 0.793. The molecule has 1 aromatic heterocycles. The Hall–Kier alpha value is -1.97. The molecule has 2 atom stereocenters. The first kappa shape index (κ1) is 17.8. The highest BCUT2D eigenvalue weighted by Gasteiger charge is 2.31. The van der Waals surface area contributed by atoms with Gasteiger partial charge in [-0.1, -0.05) is 12.1 Å². The van der Waals surface area contributed by atoms with Gasteiger partial charge in [-0.25, -0.2) is 0 Å². The fourth-order valence-corrected chi connectivity index (χ4v) is 3.56. The van der Waals surface area contributed by atoms with Crippen LogP contribution in [0.25, 0.3) is 11.0 Å². The zero-order valence-electron chi connectivity index (χ0n) is 13.3. The van der Waals surface area contributed by atoms with Gasteiger partial charge in [0.05, 0.1) is 16.7 Å². The van der Waals surface area contributed by atoms with E-state index in [9.17, 15) is 17.7 Å². The van der Waals surface area contributed by atoms with Crippen molar-refractivity contribution >= 4 is 22.2 Å². The van der Waals surface area contributed by atoms with Crippen molar-refractivity contribution in [3.05, 3.63) is 47.8 Å². The normalized spacial score (nSPS) is 19.3. The summed E-state index contributed by atoms with van der Waals surface area (Å²) in [7, 11) is 0. The Morgan fingerprint density at radius 2 is 2.08 bits per heavy atom. The first-order valence-corrected chi connectivity index (χ1v) is 8.80. The number of aromatic amines is 1. The molecule has 5 nitrogen and oxygen atoms in total. The Morgan fingerprint density at radius 3 is 2.80 bits per heavy atom. The van der Waals surface area contributed by atoms with Crippen LogP contribution < -0.4 is 5.32 Å². The van der Waals surface area contributed by atoms with Gasteiger partial charge < -0.3 is 14.6 Å². The number of para-hydroxylation sites is 2. The third-order valence-corrected chi connectivity index (χ3v) is 4.89. The van der Waals surface area contributed by atoms with Crippen LogP contribution in [-0.2, 0) is 15.9 Å². The Morgan fingerprint density at radius 1 is 1.32 bits per heavy atom. The molecule has 0 amide bonds. The maximum Gasteiger partial charge on any atom is 0.411 e. The van der Waals surface area contributed by atoms with E-state index in [0.29, 0.717) is 21.9 Å². The van der Waals surface area contributed by atoms with Gasteiger partial charge in [0.2, 0.25) is 0 Å². The lowest BCUT2D eigenvalue weighted by Crippen LogP contribution is -2.30. The molecule has 0 aliphatic carbocycles. The molecule has 0 spiro atoms. The van der Waals surface area contributed by atoms with Gasteiger partial charge in [-0.2, -0.15) is 18.2 Å². The van der Waals surface area contributed by atoms with E-state index >= 15 is 0 Å². The summed E-state index contributed by atoms with van der Waals surface area (Å²) in [6.45, 7) is 0.321. The second-order valence-corrected chi connectivity index (χ2v) is 6.93. The number of benzene rings is 1. The van der Waals surface area contributed by atoms with Crippen LogP contribution >= 0.6 is 0 Å². The summed E-state index contributed by atoms with van der Waals surface area (Å²) in [5.74, 6) is 0.0991. The van der Waals surface area contributed by atoms with Crippen LogP contribution in [0.3, 0.4) is 0 Å². The number of hydrogen-bond donors (Lipinski definition) is 2. The maximum atomic E-state index is 12.6. The summed E-state index contributed by atoms with van der Waals surface area (Å²) >= 11 is -1.47. The maximum absolute atomic E-state index is 12.6. The molecule has 1 aromatic carbocycles. The van der Waals surface area contributed by atoms with Gasteiger partial charge >= 0.3 is 11.3 Å². The highest BCUT2D eigenvalue weighted by atomic mass is 32.2. The van der Waals surface area contributed by atoms with Gasteiger partial charge in [-0.15, -0.1) is 0 Å². The summed E-state index contributed by atoms with van der Waals surface area (Å²) in [5, 5.41) is 3.26. The number of hydrogen-bond acceptors (Lipinski definition) is 4. The number of nitrogens with zero attached hydrogens (tertiary/aromatic N) is 1. The fourth-order valence-electron chi connectivity index (χ4n) is 2.42. The van der Waals surface area contributed by atoms with E-state index in [0.717, 1.165) is 5.52 Å². The number of ether oxygens (including phenoxy) is 1. The van der Waals surface area contributed by atoms with Crippen molar-refractivity contribution < 1.29 is 22.5 Å². The lowest BCUT2D eigenvalue weighted by molar-refractivity contribution is -0.178. The van der Waals surface area contributed by atoms with Gasteiger partial charge in [0, 0.05) is 11.2 Å². The van der Waals surface area contributed by atoms with E-state index in [4.69, 9.17) is 4.74 Å². The Kier molecular flexibility index (Phi) is 5.07. The van der Waals surface area contributed by atoms with Gasteiger partial charge in [0.25, 0.3) is 0 Å². The molecule has 2 aromatic rings. The van der Waals surface area contributed by atoms with Gasteiger partial charge in [0.15, 0.2) is 5.75 Å². The lowest BCUT2D eigenvalue weighted by atomic mass is 10.1. The number of rotatable bonds is 5. The second kappa shape index (κ2) is 7.11. The van der Waals surface area contributed by atoms with Crippen LogP contribution in [-0.4, -0.2) is 39.2 Å². The molecule has 0 radical (unpaired) electrons. The molecule has 0 saturated carbocycles. The minimum atomic E-state index is -4.39. The Bertz CT molecular complexity index is 783. The monoisotopic (exact) mass is 371 g/mol. The van der Waals surface area contributed by atoms with Crippen LogP contribution in [0.2, 0.25) is 0 Å². The molecule has 9 heteroatoms. The van der Waals surface area contributed by atoms with Crippen LogP contribution in [0.4, 0.5) is 13.2 Å². The summed E-state index contributed by atoms with van der Waals surface area (Å²) in [4.78, 5) is 7.28. The van der Waals surface area contributed by atoms with Crippen molar-refractivity contribution in [3.8, 4) is 0 Å². The highest BCUT2D eigenvalue weighted by molar-refractivity contribution is 7.91. The number of nitrogens with one attached hydrogen (secondary N) is 2. The molecular weight excluding hydrogens is 355 g/mol. The fraction of sp³-hybridized carbons (Fsp3) is 0.312. The summed E-state index contributed by atoms with van der Waals surface area (Å²) in [6.07, 6.45) is -2.20. The Labute approximate surface area is 145 Å². The van der Waals surface area contributed by atoms with Gasteiger partial charge in [-0.3, -0.25) is 4.98 Å². The van der Waals surface area contributed by atoms with Crippen LogP contribution in [0.1, 0.15) is 6.92 Å². The van der Waals surface area contributed by atoms with E-state index in [1.165, 1.54) is 12.3 Å². The summed E-state index contributed by atoms with van der Waals surface area (Å²) < 4.78 is 54.4. The highest BCUT2D eigenvalue weighted by Crippen LogP contribution is 2.23. The molecule has 3 rings (SSSR count). The average molecular weight is 371 g/mol. The third kappa shape index (κ3) is 4.36. The first-order chi connectivity index (χ1) is 11.8. The number of fused-ring (bicyclic) bond motifs is 1. The largest absolute Gasteiger partial charge is 0.609 e. The molecule has 0 bridgehead atoms. The molecule has 1 aliphatic rings. The number of halogens is 3. The number of alkyl halides is 3. The third-order valence-electron chi connectivity index (χ3n) is 3.72. The Balaban J connectivity index is 1.71. The van der Waals surface area contributed by atoms with Crippen molar-refractivity contribution in [2.45, 2.75) is 24.4 Å². The molecule has 2 unspecified atom stereocenters. The number of H-pyrrole nitrogens is 1. The van der Waals surface area contributed by atoms with E-state index in [1.54, 1.807) is 13.0 Å². The predicted molar refractivity (Wildman–Crippen MR) is 88.1 cm³/mol. The van der Waals surface area contributed by atoms with Crippen molar-refractivity contribution in [2.75, 3.05) is 12.4 Å². The molecule has 0 fully saturated rings. The standard InChI is InChI=1S/C16H16F3N3O2S/c1-10-13(20-7-6-14(10)24-9-16(17,18)19)8-25(23)15-21-11-4-2-3-5-12(11)22-15/h2-7,14,20H,8-9H2,1H3,(H,21,22). The molecule has 134 valence electrons. The van der Waals surface area contributed by atoms with E-state index < -0.39 is 30.1 Å². The number of aromatic nitrogens is 2. The predicted octanol–water partition coefficient (Wildman–Crippen LogP) is 3.01. The summed E-state index contributed by atoms with van der Waals surface area (Å²) in [5.41, 5.74) is 2.61. The van der Waals surface area contributed by atoms with Gasteiger partial charge in [0.1, 0.15) is 12.7 Å². The smallest absolute Gasteiger partial charge is 0.411 e. The SMILES string of the molecule is CC1=C(C[S+]([O-])c2nc3ccccc3[nH]2)NC=CC1OCC(F)(F)F. The van der Waals surface area contributed by atoms with Crippen LogP contribution in [0.15, 0.2) is 53.0 Å². The van der Waals surface area contributed by atoms with Crippen molar-refractivity contribution in [2.24, 2.45) is 0 Å². The van der Waals surface area contributed by atoms with Crippen LogP contribution in [0, 0.1) is 0 Å². The number of dihydropyridines is 1. The van der Waals surface area contributed by atoms with Crippen molar-refractivity contribution in [1.82, 2.24) is 15.3 Å². The molecule has 2 N–H and O–H groups in total. The van der Waals surface area contributed by atoms with Gasteiger partial charge in [-0.05, 0) is 36.9 Å². The van der Waals surface area contributed by atoms with E-state index in [2.05, 4.69) is 15.3 Å². The molecule has 0 saturated heterocycles. The van der Waals surface area contributed by atoms with E-state index in [1.807, 2.05) is 18.2 Å². The zero-order chi connectivity index (χ0) is 18.0. The minimum Gasteiger partial charge on any atom is -0.609 e. The minimum absolute atomic E-state index is 0.0991. The van der Waals surface area contributed by atoms with E-state index in [-0.39, 0.29) is 5.75 Å². The zero-order valence-corrected chi connectivity index (χ0v) is 14.1. The number of imidazole rings is 1. The molecular formula is C16H16F3N3O2S. The summed E-state index contributed by atoms with van der Waals surface area (Å²) in [6, 6.07) is 7.31. The molecule has 2 heterocycles.